The predicted molar refractivity (Wildman–Crippen MR) is 74.4 cm³/mol. The Morgan fingerprint density at radius 1 is 1.40 bits per heavy atom. The minimum atomic E-state index is -0.744. The second-order valence-corrected chi connectivity index (χ2v) is 5.75. The fourth-order valence-electron chi connectivity index (χ4n) is 3.83. The normalized spacial score (nSPS) is 30.0. The average Bonchev–Trinajstić information content (AvgIpc) is 2.90. The molecule has 0 amide bonds. The van der Waals surface area contributed by atoms with Crippen LogP contribution in [0.15, 0.2) is 24.3 Å². The molecule has 2 aliphatic heterocycles. The number of benzene rings is 1. The summed E-state index contributed by atoms with van der Waals surface area (Å²) >= 11 is 0. The van der Waals surface area contributed by atoms with Gasteiger partial charge in [0.15, 0.2) is 0 Å². The Labute approximate surface area is 118 Å². The van der Waals surface area contributed by atoms with Gasteiger partial charge in [-0.1, -0.05) is 18.2 Å². The molecule has 2 fully saturated rings. The topological polar surface area (TPSA) is 29.5 Å². The Hall–Kier alpha value is -1.42. The molecule has 2 atom stereocenters. The first-order chi connectivity index (χ1) is 9.67. The molecule has 2 aliphatic rings. The first-order valence-corrected chi connectivity index (χ1v) is 7.24. The zero-order valence-corrected chi connectivity index (χ0v) is 11.8. The first kappa shape index (κ1) is 13.6. The first-order valence-electron chi connectivity index (χ1n) is 7.24. The Morgan fingerprint density at radius 3 is 3.00 bits per heavy atom. The summed E-state index contributed by atoms with van der Waals surface area (Å²) in [6.07, 6.45) is 2.66. The van der Waals surface area contributed by atoms with Gasteiger partial charge >= 0.3 is 5.97 Å². The van der Waals surface area contributed by atoms with E-state index in [2.05, 4.69) is 4.90 Å². The van der Waals surface area contributed by atoms with E-state index in [4.69, 9.17) is 4.74 Å². The molecular formula is C16H20FNO2. The summed E-state index contributed by atoms with van der Waals surface area (Å²) in [5.41, 5.74) is 1.46. The lowest BCUT2D eigenvalue weighted by molar-refractivity contribution is 0.0363. The van der Waals surface area contributed by atoms with Crippen LogP contribution in [0.3, 0.4) is 0 Å². The van der Waals surface area contributed by atoms with Gasteiger partial charge in [-0.25, -0.2) is 9.18 Å². The van der Waals surface area contributed by atoms with E-state index >= 15 is 0 Å². The Bertz CT molecular complexity index is 519. The van der Waals surface area contributed by atoms with Crippen LogP contribution >= 0.6 is 0 Å². The van der Waals surface area contributed by atoms with Crippen molar-refractivity contribution in [1.82, 2.24) is 4.90 Å². The number of nitrogens with zero attached hydrogens (tertiary/aromatic N) is 1. The number of esters is 1. The monoisotopic (exact) mass is 277 g/mol. The maximum Gasteiger partial charge on any atom is 0.338 e. The van der Waals surface area contributed by atoms with Crippen molar-refractivity contribution >= 4 is 5.97 Å². The number of carbonyl (C=O) groups excluding carboxylic acids is 1. The van der Waals surface area contributed by atoms with E-state index in [-0.39, 0.29) is 11.5 Å². The van der Waals surface area contributed by atoms with Gasteiger partial charge in [0.25, 0.3) is 0 Å². The number of rotatable bonds is 2. The second-order valence-electron chi connectivity index (χ2n) is 5.75. The van der Waals surface area contributed by atoms with Crippen LogP contribution in [0.25, 0.3) is 0 Å². The van der Waals surface area contributed by atoms with E-state index < -0.39 is 6.17 Å². The van der Waals surface area contributed by atoms with E-state index in [1.54, 1.807) is 0 Å². The van der Waals surface area contributed by atoms with Gasteiger partial charge in [-0.2, -0.15) is 0 Å². The van der Waals surface area contributed by atoms with Crippen LogP contribution < -0.4 is 0 Å². The molecule has 0 spiro atoms. The molecule has 20 heavy (non-hydrogen) atoms. The Kier molecular flexibility index (Phi) is 3.50. The molecule has 0 N–H and O–H groups in total. The molecule has 0 aliphatic carbocycles. The molecule has 0 saturated carbocycles. The molecule has 2 saturated heterocycles. The number of hydrogen-bond acceptors (Lipinski definition) is 3. The van der Waals surface area contributed by atoms with E-state index in [9.17, 15) is 9.18 Å². The zero-order chi connectivity index (χ0) is 14.2. The van der Waals surface area contributed by atoms with Crippen LogP contribution in [0.5, 0.6) is 0 Å². The number of halogens is 1. The smallest absolute Gasteiger partial charge is 0.338 e. The van der Waals surface area contributed by atoms with Crippen molar-refractivity contribution < 1.29 is 13.9 Å². The predicted octanol–water partition coefficient (Wildman–Crippen LogP) is 2.90. The summed E-state index contributed by atoms with van der Waals surface area (Å²) in [5, 5.41) is 0. The number of hydrogen-bond donors (Lipinski definition) is 0. The highest BCUT2D eigenvalue weighted by Crippen LogP contribution is 2.47. The SMILES string of the molecule is COC(=O)c1ccccc1[C@@]12CCCN1C[C@H](F)CC2. The number of alkyl halides is 1. The van der Waals surface area contributed by atoms with Crippen molar-refractivity contribution in [2.75, 3.05) is 20.2 Å². The van der Waals surface area contributed by atoms with E-state index in [0.717, 1.165) is 31.4 Å². The molecule has 3 rings (SSSR count). The van der Waals surface area contributed by atoms with Crippen molar-refractivity contribution in [2.24, 2.45) is 0 Å². The van der Waals surface area contributed by atoms with Crippen molar-refractivity contribution in [3.05, 3.63) is 35.4 Å². The molecule has 108 valence electrons. The molecule has 1 aromatic carbocycles. The fraction of sp³-hybridized carbons (Fsp3) is 0.562. The molecule has 0 unspecified atom stereocenters. The summed E-state index contributed by atoms with van der Waals surface area (Å²) < 4.78 is 18.6. The van der Waals surface area contributed by atoms with Crippen LogP contribution in [0, 0.1) is 0 Å². The largest absolute Gasteiger partial charge is 0.465 e. The molecule has 4 heteroatoms. The summed E-state index contributed by atoms with van der Waals surface area (Å²) in [4.78, 5) is 14.2. The van der Waals surface area contributed by atoms with Gasteiger partial charge in [0, 0.05) is 12.1 Å². The van der Waals surface area contributed by atoms with Gasteiger partial charge in [-0.05, 0) is 43.9 Å². The molecule has 2 heterocycles. The van der Waals surface area contributed by atoms with Gasteiger partial charge in [0.1, 0.15) is 6.17 Å². The van der Waals surface area contributed by atoms with Crippen molar-refractivity contribution in [3.8, 4) is 0 Å². The van der Waals surface area contributed by atoms with Crippen LogP contribution in [0.2, 0.25) is 0 Å². The van der Waals surface area contributed by atoms with E-state index in [1.165, 1.54) is 7.11 Å². The fourth-order valence-corrected chi connectivity index (χ4v) is 3.83. The standard InChI is InChI=1S/C16H20FNO2/c1-20-15(19)13-5-2-3-6-14(13)16-8-4-10-18(16)11-12(17)7-9-16/h2-3,5-6,12H,4,7-11H2,1H3/t12-,16+/m1/s1. The van der Waals surface area contributed by atoms with Gasteiger partial charge in [-0.15, -0.1) is 0 Å². The highest BCUT2D eigenvalue weighted by molar-refractivity contribution is 5.91. The van der Waals surface area contributed by atoms with Crippen LogP contribution in [0.1, 0.15) is 41.6 Å². The lowest BCUT2D eigenvalue weighted by Gasteiger charge is -2.44. The van der Waals surface area contributed by atoms with Crippen LogP contribution in [0.4, 0.5) is 4.39 Å². The maximum absolute atomic E-state index is 13.7. The summed E-state index contributed by atoms with van der Waals surface area (Å²) in [5.74, 6) is -0.302. The molecular weight excluding hydrogens is 257 g/mol. The maximum atomic E-state index is 13.7. The number of ether oxygens (including phenoxy) is 1. The number of piperidine rings is 1. The van der Waals surface area contributed by atoms with Gasteiger partial charge in [0.05, 0.1) is 12.7 Å². The van der Waals surface area contributed by atoms with Gasteiger partial charge in [0.2, 0.25) is 0 Å². The number of fused-ring (bicyclic) bond motifs is 1. The third-order valence-electron chi connectivity index (χ3n) is 4.75. The van der Waals surface area contributed by atoms with Gasteiger partial charge in [-0.3, -0.25) is 4.90 Å². The average molecular weight is 277 g/mol. The second kappa shape index (κ2) is 5.17. The highest BCUT2D eigenvalue weighted by Gasteiger charge is 2.47. The lowest BCUT2D eigenvalue weighted by Crippen LogP contribution is -2.49. The highest BCUT2D eigenvalue weighted by atomic mass is 19.1. The van der Waals surface area contributed by atoms with Crippen molar-refractivity contribution in [2.45, 2.75) is 37.4 Å². The quantitative estimate of drug-likeness (QED) is 0.778. The third kappa shape index (κ3) is 2.03. The zero-order valence-electron chi connectivity index (χ0n) is 11.8. The molecule has 1 aromatic rings. The molecule has 3 nitrogen and oxygen atoms in total. The minimum absolute atomic E-state index is 0.173. The Morgan fingerprint density at radius 2 is 2.20 bits per heavy atom. The summed E-state index contributed by atoms with van der Waals surface area (Å²) in [7, 11) is 1.40. The van der Waals surface area contributed by atoms with E-state index in [1.807, 2.05) is 24.3 Å². The lowest BCUT2D eigenvalue weighted by atomic mass is 9.77. The minimum Gasteiger partial charge on any atom is -0.465 e. The summed E-state index contributed by atoms with van der Waals surface area (Å²) in [6, 6.07) is 7.62. The number of methoxy groups -OCH3 is 1. The van der Waals surface area contributed by atoms with Crippen LogP contribution in [-0.4, -0.2) is 37.2 Å². The van der Waals surface area contributed by atoms with Gasteiger partial charge < -0.3 is 4.74 Å². The summed E-state index contributed by atoms with van der Waals surface area (Å²) in [6.45, 7) is 1.39. The molecule has 0 radical (unpaired) electrons. The van der Waals surface area contributed by atoms with Crippen molar-refractivity contribution in [3.63, 3.8) is 0 Å². The van der Waals surface area contributed by atoms with Crippen molar-refractivity contribution in [1.29, 1.82) is 0 Å². The third-order valence-corrected chi connectivity index (χ3v) is 4.75. The van der Waals surface area contributed by atoms with Crippen LogP contribution in [-0.2, 0) is 10.3 Å². The number of carbonyl (C=O) groups is 1. The molecule has 0 aromatic heterocycles. The Balaban J connectivity index is 2.05. The van der Waals surface area contributed by atoms with E-state index in [0.29, 0.717) is 18.5 Å². The molecule has 0 bridgehead atoms.